The molecule has 8 nitrogen and oxygen atoms in total. The van der Waals surface area contributed by atoms with Crippen LogP contribution in [0.25, 0.3) is 11.1 Å². The first-order valence-corrected chi connectivity index (χ1v) is 12.3. The molecular formula is C23H29N3O5S. The van der Waals surface area contributed by atoms with E-state index in [4.69, 9.17) is 4.74 Å². The van der Waals surface area contributed by atoms with Crippen molar-refractivity contribution in [3.63, 3.8) is 0 Å². The minimum absolute atomic E-state index is 0.0302. The molecule has 2 N–H and O–H groups in total. The van der Waals surface area contributed by atoms with Gasteiger partial charge in [-0.25, -0.2) is 13.9 Å². The van der Waals surface area contributed by atoms with Gasteiger partial charge in [-0.1, -0.05) is 42.0 Å². The lowest BCUT2D eigenvalue weighted by Gasteiger charge is -2.42. The Morgan fingerprint density at radius 3 is 2.00 bits per heavy atom. The number of piperazine rings is 1. The van der Waals surface area contributed by atoms with Crippen molar-refractivity contribution in [1.82, 2.24) is 9.79 Å². The monoisotopic (exact) mass is 459 g/mol. The largest absolute Gasteiger partial charge is 0.381 e. The third-order valence-corrected chi connectivity index (χ3v) is 9.13. The molecule has 0 saturated carbocycles. The third kappa shape index (κ3) is 4.13. The summed E-state index contributed by atoms with van der Waals surface area (Å²) in [6.45, 7) is 4.01. The Bertz CT molecular complexity index is 1040. The number of hydrogen-bond donors (Lipinski definition) is 2. The van der Waals surface area contributed by atoms with Crippen molar-refractivity contribution < 1.29 is 23.2 Å². The number of ether oxygens (including phenoxy) is 1. The number of aryl methyl sites for hydroxylation is 1. The summed E-state index contributed by atoms with van der Waals surface area (Å²) < 4.78 is 31.8. The first-order valence-electron chi connectivity index (χ1n) is 10.8. The van der Waals surface area contributed by atoms with Crippen LogP contribution in [0, 0.1) is 6.92 Å². The van der Waals surface area contributed by atoms with Crippen LogP contribution in [0.2, 0.25) is 0 Å². The van der Waals surface area contributed by atoms with Gasteiger partial charge in [0.2, 0.25) is 10.0 Å². The molecule has 2 aromatic rings. The smallest absolute Gasteiger partial charge is 0.266 e. The van der Waals surface area contributed by atoms with Crippen molar-refractivity contribution in [2.24, 2.45) is 0 Å². The zero-order valence-corrected chi connectivity index (χ0v) is 19.0. The maximum Gasteiger partial charge on any atom is 0.266 e. The van der Waals surface area contributed by atoms with E-state index in [9.17, 15) is 18.4 Å². The van der Waals surface area contributed by atoms with Gasteiger partial charge < -0.3 is 9.64 Å². The van der Waals surface area contributed by atoms with Gasteiger partial charge in [-0.3, -0.25) is 10.0 Å². The molecule has 0 aromatic heterocycles. The van der Waals surface area contributed by atoms with Crippen LogP contribution in [0.5, 0.6) is 0 Å². The number of hydroxylamine groups is 1. The molecule has 2 aliphatic rings. The zero-order chi connectivity index (χ0) is 22.8. The molecule has 2 saturated heterocycles. The van der Waals surface area contributed by atoms with Crippen molar-refractivity contribution in [2.75, 3.05) is 44.3 Å². The Labute approximate surface area is 188 Å². The Morgan fingerprint density at radius 2 is 1.47 bits per heavy atom. The van der Waals surface area contributed by atoms with E-state index in [1.54, 1.807) is 5.48 Å². The topological polar surface area (TPSA) is 99.2 Å². The van der Waals surface area contributed by atoms with Crippen LogP contribution in [0.1, 0.15) is 18.4 Å². The van der Waals surface area contributed by atoms with Gasteiger partial charge in [-0.2, -0.15) is 4.31 Å². The van der Waals surface area contributed by atoms with Gasteiger partial charge in [0, 0.05) is 57.9 Å². The van der Waals surface area contributed by atoms with Crippen molar-refractivity contribution in [1.29, 1.82) is 0 Å². The number of carbonyl (C=O) groups is 1. The Morgan fingerprint density at radius 1 is 0.938 bits per heavy atom. The molecule has 4 rings (SSSR count). The van der Waals surface area contributed by atoms with Crippen LogP contribution in [-0.4, -0.2) is 68.0 Å². The summed E-state index contributed by atoms with van der Waals surface area (Å²) in [7, 11) is -3.96. The van der Waals surface area contributed by atoms with Crippen LogP contribution in [-0.2, 0) is 19.6 Å². The number of benzene rings is 2. The number of sulfonamides is 1. The third-order valence-electron chi connectivity index (χ3n) is 6.51. The summed E-state index contributed by atoms with van der Waals surface area (Å²) in [6.07, 6.45) is 0.0603. The molecule has 0 atom stereocenters. The van der Waals surface area contributed by atoms with Gasteiger partial charge in [-0.15, -0.1) is 0 Å². The maximum absolute atomic E-state index is 13.4. The number of nitrogens with zero attached hydrogens (tertiary/aromatic N) is 2. The molecule has 2 aromatic carbocycles. The molecule has 2 heterocycles. The fourth-order valence-corrected chi connectivity index (χ4v) is 6.55. The zero-order valence-electron chi connectivity index (χ0n) is 18.2. The minimum atomic E-state index is -3.96. The highest BCUT2D eigenvalue weighted by molar-refractivity contribution is 7.91. The normalized spacial score (nSPS) is 19.5. The van der Waals surface area contributed by atoms with Crippen LogP contribution < -0.4 is 10.4 Å². The highest BCUT2D eigenvalue weighted by atomic mass is 32.2. The molecule has 32 heavy (non-hydrogen) atoms. The van der Waals surface area contributed by atoms with Crippen LogP contribution >= 0.6 is 0 Å². The summed E-state index contributed by atoms with van der Waals surface area (Å²) in [5.74, 6) is -0.880. The second kappa shape index (κ2) is 9.19. The molecule has 0 radical (unpaired) electrons. The number of hydrogen-bond acceptors (Lipinski definition) is 6. The average molecular weight is 460 g/mol. The summed E-state index contributed by atoms with van der Waals surface area (Å²) in [5.41, 5.74) is 6.11. The second-order valence-electron chi connectivity index (χ2n) is 8.35. The second-order valence-corrected chi connectivity index (χ2v) is 10.6. The lowest BCUT2D eigenvalue weighted by Crippen LogP contribution is -2.62. The standard InChI is InChI=1S/C23H29N3O5S/c1-18-2-4-19(5-3-18)20-6-8-21(9-7-20)25-12-14-26(15-13-25)32(29,30)23(22(27)24-28)10-16-31-17-11-23/h2-9,28H,10-17H2,1H3,(H,24,27). The SMILES string of the molecule is Cc1ccc(-c2ccc(N3CCN(S(=O)(=O)C4(C(=O)NO)CCOCC4)CC3)cc2)cc1. The van der Waals surface area contributed by atoms with Gasteiger partial charge in [0.25, 0.3) is 5.91 Å². The summed E-state index contributed by atoms with van der Waals surface area (Å²) in [5, 5.41) is 9.19. The summed E-state index contributed by atoms with van der Waals surface area (Å²) in [6, 6.07) is 16.6. The van der Waals surface area contributed by atoms with Crippen LogP contribution in [0.3, 0.4) is 0 Å². The molecule has 0 bridgehead atoms. The van der Waals surface area contributed by atoms with E-state index < -0.39 is 20.7 Å². The van der Waals surface area contributed by atoms with Gasteiger partial charge in [0.1, 0.15) is 0 Å². The van der Waals surface area contributed by atoms with E-state index in [0.717, 1.165) is 16.8 Å². The molecule has 2 fully saturated rings. The fraction of sp³-hybridized carbons (Fsp3) is 0.435. The number of carbonyl (C=O) groups excluding carboxylic acids is 1. The molecule has 0 aliphatic carbocycles. The average Bonchev–Trinajstić information content (AvgIpc) is 2.84. The number of rotatable bonds is 5. The maximum atomic E-state index is 13.4. The highest BCUT2D eigenvalue weighted by Gasteiger charge is 2.54. The van der Waals surface area contributed by atoms with Crippen LogP contribution in [0.4, 0.5) is 5.69 Å². The van der Waals surface area contributed by atoms with E-state index in [-0.39, 0.29) is 39.1 Å². The van der Waals surface area contributed by atoms with Crippen molar-refractivity contribution >= 4 is 21.6 Å². The van der Waals surface area contributed by atoms with Gasteiger partial charge >= 0.3 is 0 Å². The van der Waals surface area contributed by atoms with E-state index >= 15 is 0 Å². The molecular weight excluding hydrogens is 430 g/mol. The van der Waals surface area contributed by atoms with E-state index in [2.05, 4.69) is 60.4 Å². The first-order chi connectivity index (χ1) is 15.4. The van der Waals surface area contributed by atoms with Crippen LogP contribution in [0.15, 0.2) is 48.5 Å². The minimum Gasteiger partial charge on any atom is -0.381 e. The van der Waals surface area contributed by atoms with Crippen molar-refractivity contribution in [2.45, 2.75) is 24.5 Å². The van der Waals surface area contributed by atoms with Gasteiger partial charge in [0.15, 0.2) is 4.75 Å². The summed E-state index contributed by atoms with van der Waals surface area (Å²) in [4.78, 5) is 14.5. The van der Waals surface area contributed by atoms with E-state index in [1.165, 1.54) is 9.87 Å². The molecule has 0 spiro atoms. The summed E-state index contributed by atoms with van der Waals surface area (Å²) >= 11 is 0. The lowest BCUT2D eigenvalue weighted by atomic mass is 9.98. The number of anilines is 1. The first kappa shape index (κ1) is 22.7. The van der Waals surface area contributed by atoms with E-state index in [1.807, 2.05) is 0 Å². The Balaban J connectivity index is 1.45. The predicted molar refractivity (Wildman–Crippen MR) is 122 cm³/mol. The van der Waals surface area contributed by atoms with Crippen molar-refractivity contribution in [3.8, 4) is 11.1 Å². The molecule has 1 amide bonds. The fourth-order valence-electron chi connectivity index (χ4n) is 4.45. The molecule has 172 valence electrons. The predicted octanol–water partition coefficient (Wildman–Crippen LogP) is 2.17. The van der Waals surface area contributed by atoms with Crippen molar-refractivity contribution in [3.05, 3.63) is 54.1 Å². The number of amides is 1. The molecule has 2 aliphatic heterocycles. The van der Waals surface area contributed by atoms with Gasteiger partial charge in [-0.05, 0) is 30.2 Å². The number of nitrogens with one attached hydrogen (secondary N) is 1. The quantitative estimate of drug-likeness (QED) is 0.525. The lowest BCUT2D eigenvalue weighted by molar-refractivity contribution is -0.134. The van der Waals surface area contributed by atoms with Gasteiger partial charge in [0.05, 0.1) is 0 Å². The Kier molecular flexibility index (Phi) is 6.52. The van der Waals surface area contributed by atoms with E-state index in [0.29, 0.717) is 13.1 Å². The highest BCUT2D eigenvalue weighted by Crippen LogP contribution is 2.34. The molecule has 0 unspecified atom stereocenters. The molecule has 9 heteroatoms. The Hall–Kier alpha value is -2.46.